The molecule has 0 atom stereocenters. The van der Waals surface area contributed by atoms with Crippen LogP contribution in [0.25, 0.3) is 0 Å². The summed E-state index contributed by atoms with van der Waals surface area (Å²) in [5, 5.41) is 4.88. The zero-order valence-corrected chi connectivity index (χ0v) is 12.0. The van der Waals surface area contributed by atoms with Crippen molar-refractivity contribution in [3.05, 3.63) is 52.6 Å². The van der Waals surface area contributed by atoms with Crippen LogP contribution in [-0.2, 0) is 6.18 Å². The first-order chi connectivity index (χ1) is 9.84. The van der Waals surface area contributed by atoms with Crippen molar-refractivity contribution in [2.75, 3.05) is 10.6 Å². The molecule has 2 N–H and O–H groups in total. The van der Waals surface area contributed by atoms with Crippen LogP contribution < -0.4 is 10.6 Å². The second kappa shape index (κ2) is 6.13. The number of pyridine rings is 1. The number of carbonyl (C=O) groups excluding carboxylic acids is 1. The van der Waals surface area contributed by atoms with Crippen molar-refractivity contribution in [2.45, 2.75) is 6.18 Å². The van der Waals surface area contributed by atoms with Gasteiger partial charge in [-0.3, -0.25) is 5.32 Å². The summed E-state index contributed by atoms with van der Waals surface area (Å²) in [7, 11) is 0. The van der Waals surface area contributed by atoms with E-state index in [1.54, 1.807) is 12.1 Å². The van der Waals surface area contributed by atoms with Gasteiger partial charge in [0, 0.05) is 16.4 Å². The van der Waals surface area contributed by atoms with Gasteiger partial charge in [-0.25, -0.2) is 9.78 Å². The Balaban J connectivity index is 2.00. The summed E-state index contributed by atoms with van der Waals surface area (Å²) in [5.41, 5.74) is -0.530. The average molecular weight is 360 g/mol. The summed E-state index contributed by atoms with van der Waals surface area (Å²) >= 11 is 3.23. The number of amides is 2. The molecule has 0 radical (unpaired) electrons. The van der Waals surface area contributed by atoms with E-state index in [1.807, 2.05) is 0 Å². The number of carbonyl (C=O) groups is 1. The highest BCUT2D eigenvalue weighted by atomic mass is 79.9. The van der Waals surface area contributed by atoms with Gasteiger partial charge in [0.25, 0.3) is 0 Å². The van der Waals surface area contributed by atoms with Gasteiger partial charge in [-0.15, -0.1) is 0 Å². The van der Waals surface area contributed by atoms with E-state index in [1.165, 1.54) is 18.3 Å². The molecule has 2 amide bonds. The van der Waals surface area contributed by atoms with Gasteiger partial charge in [0.15, 0.2) is 0 Å². The zero-order chi connectivity index (χ0) is 15.5. The Morgan fingerprint density at radius 1 is 1.10 bits per heavy atom. The topological polar surface area (TPSA) is 54.0 Å². The predicted octanol–water partition coefficient (Wildman–Crippen LogP) is 4.51. The van der Waals surface area contributed by atoms with Gasteiger partial charge < -0.3 is 5.32 Å². The van der Waals surface area contributed by atoms with Gasteiger partial charge in [0.05, 0.1) is 5.56 Å². The number of rotatable bonds is 2. The van der Waals surface area contributed by atoms with Crippen LogP contribution in [0.15, 0.2) is 47.1 Å². The van der Waals surface area contributed by atoms with E-state index in [-0.39, 0.29) is 5.69 Å². The van der Waals surface area contributed by atoms with Crippen LogP contribution in [0.1, 0.15) is 5.56 Å². The van der Waals surface area contributed by atoms with Gasteiger partial charge >= 0.3 is 12.2 Å². The van der Waals surface area contributed by atoms with Crippen LogP contribution in [0.4, 0.5) is 29.5 Å². The maximum absolute atomic E-state index is 12.4. The normalized spacial score (nSPS) is 11.0. The molecule has 1 aromatic heterocycles. The number of aromatic nitrogens is 1. The second-order valence-corrected chi connectivity index (χ2v) is 4.93. The van der Waals surface area contributed by atoms with Crippen molar-refractivity contribution in [3.63, 3.8) is 0 Å². The van der Waals surface area contributed by atoms with Crippen LogP contribution in [0.3, 0.4) is 0 Å². The highest BCUT2D eigenvalue weighted by molar-refractivity contribution is 9.10. The van der Waals surface area contributed by atoms with Crippen molar-refractivity contribution in [2.24, 2.45) is 0 Å². The molecule has 2 rings (SSSR count). The Hall–Kier alpha value is -2.09. The first-order valence-corrected chi connectivity index (χ1v) is 6.51. The molecular weight excluding hydrogens is 351 g/mol. The van der Waals surface area contributed by atoms with Crippen LogP contribution in [0, 0.1) is 0 Å². The lowest BCUT2D eigenvalue weighted by Gasteiger charge is -2.09. The van der Waals surface area contributed by atoms with Crippen LogP contribution in [0.2, 0.25) is 0 Å². The van der Waals surface area contributed by atoms with E-state index >= 15 is 0 Å². The standard InChI is InChI=1S/C13H9BrF3N3O/c14-9-5-6-18-11(7-9)20-12(21)19-10-3-1-8(2-4-10)13(15,16)17/h1-7H,(H2,18,19,20,21). The van der Waals surface area contributed by atoms with Crippen molar-refractivity contribution in [1.29, 1.82) is 0 Å². The summed E-state index contributed by atoms with van der Waals surface area (Å²) in [5.74, 6) is 0.314. The fourth-order valence-corrected chi connectivity index (χ4v) is 1.83. The first kappa shape index (κ1) is 15.3. The Bertz CT molecular complexity index is 644. The lowest BCUT2D eigenvalue weighted by atomic mass is 10.2. The molecule has 0 aliphatic heterocycles. The zero-order valence-electron chi connectivity index (χ0n) is 10.4. The number of hydrogen-bond acceptors (Lipinski definition) is 2. The molecule has 1 aromatic carbocycles. The van der Waals surface area contributed by atoms with Crippen molar-refractivity contribution < 1.29 is 18.0 Å². The summed E-state index contributed by atoms with van der Waals surface area (Å²) in [6.45, 7) is 0. The number of hydrogen-bond donors (Lipinski definition) is 2. The first-order valence-electron chi connectivity index (χ1n) is 5.71. The number of halogens is 4. The summed E-state index contributed by atoms with van der Waals surface area (Å²) in [4.78, 5) is 15.6. The number of nitrogens with zero attached hydrogens (tertiary/aromatic N) is 1. The molecule has 0 saturated carbocycles. The molecule has 0 fully saturated rings. The van der Waals surface area contributed by atoms with Crippen LogP contribution in [-0.4, -0.2) is 11.0 Å². The predicted molar refractivity (Wildman–Crippen MR) is 76.0 cm³/mol. The minimum Gasteiger partial charge on any atom is -0.308 e. The van der Waals surface area contributed by atoms with Gasteiger partial charge in [0.1, 0.15) is 5.82 Å². The van der Waals surface area contributed by atoms with E-state index in [0.717, 1.165) is 16.6 Å². The summed E-state index contributed by atoms with van der Waals surface area (Å²) in [6, 6.07) is 6.83. The highest BCUT2D eigenvalue weighted by Crippen LogP contribution is 2.29. The van der Waals surface area contributed by atoms with E-state index in [9.17, 15) is 18.0 Å². The largest absolute Gasteiger partial charge is 0.416 e. The SMILES string of the molecule is O=C(Nc1ccc(C(F)(F)F)cc1)Nc1cc(Br)ccn1. The van der Waals surface area contributed by atoms with Crippen LogP contribution >= 0.6 is 15.9 Å². The minimum atomic E-state index is -4.40. The molecule has 0 saturated heterocycles. The van der Waals surface area contributed by atoms with Gasteiger partial charge in [-0.05, 0) is 36.4 Å². The lowest BCUT2D eigenvalue weighted by molar-refractivity contribution is -0.137. The minimum absolute atomic E-state index is 0.246. The molecule has 0 spiro atoms. The smallest absolute Gasteiger partial charge is 0.308 e. The molecule has 8 heteroatoms. The molecule has 1 heterocycles. The monoisotopic (exact) mass is 359 g/mol. The highest BCUT2D eigenvalue weighted by Gasteiger charge is 2.29. The number of anilines is 2. The number of nitrogens with one attached hydrogen (secondary N) is 2. The molecule has 4 nitrogen and oxygen atoms in total. The molecule has 2 aromatic rings. The third-order valence-corrected chi connectivity index (χ3v) is 2.93. The molecule has 0 aliphatic rings. The number of alkyl halides is 3. The second-order valence-electron chi connectivity index (χ2n) is 4.01. The fourth-order valence-electron chi connectivity index (χ4n) is 1.49. The van der Waals surface area contributed by atoms with E-state index in [4.69, 9.17) is 0 Å². The van der Waals surface area contributed by atoms with E-state index in [2.05, 4.69) is 31.5 Å². The van der Waals surface area contributed by atoms with Crippen LogP contribution in [0.5, 0.6) is 0 Å². The van der Waals surface area contributed by atoms with E-state index in [0.29, 0.717) is 5.82 Å². The molecule has 0 aliphatic carbocycles. The Labute approximate surface area is 126 Å². The Morgan fingerprint density at radius 2 is 1.76 bits per heavy atom. The van der Waals surface area contributed by atoms with E-state index < -0.39 is 17.8 Å². The Kier molecular flexibility index (Phi) is 4.46. The summed E-state index contributed by atoms with van der Waals surface area (Å²) in [6.07, 6.45) is -2.90. The maximum Gasteiger partial charge on any atom is 0.416 e. The Morgan fingerprint density at radius 3 is 2.33 bits per heavy atom. The summed E-state index contributed by atoms with van der Waals surface area (Å²) < 4.78 is 37.9. The number of urea groups is 1. The maximum atomic E-state index is 12.4. The fraction of sp³-hybridized carbons (Fsp3) is 0.0769. The molecule has 0 bridgehead atoms. The third-order valence-electron chi connectivity index (χ3n) is 2.43. The molecule has 0 unspecified atom stereocenters. The number of benzene rings is 1. The molecule has 110 valence electrons. The van der Waals surface area contributed by atoms with Gasteiger partial charge in [-0.1, -0.05) is 15.9 Å². The lowest BCUT2D eigenvalue weighted by Crippen LogP contribution is -2.20. The van der Waals surface area contributed by atoms with Gasteiger partial charge in [0.2, 0.25) is 0 Å². The van der Waals surface area contributed by atoms with Crippen molar-refractivity contribution in [1.82, 2.24) is 4.98 Å². The third kappa shape index (κ3) is 4.45. The average Bonchev–Trinajstić information content (AvgIpc) is 2.38. The van der Waals surface area contributed by atoms with Crippen molar-refractivity contribution in [3.8, 4) is 0 Å². The molecular formula is C13H9BrF3N3O. The van der Waals surface area contributed by atoms with Gasteiger partial charge in [-0.2, -0.15) is 13.2 Å². The van der Waals surface area contributed by atoms with Crippen molar-refractivity contribution >= 4 is 33.5 Å². The molecule has 21 heavy (non-hydrogen) atoms. The quantitative estimate of drug-likeness (QED) is 0.828.